The van der Waals surface area contributed by atoms with Crippen LogP contribution in [0.25, 0.3) is 0 Å². The molecule has 0 aromatic carbocycles. The average Bonchev–Trinajstić information content (AvgIpc) is 2.54. The van der Waals surface area contributed by atoms with Crippen molar-refractivity contribution >= 4 is 23.6 Å². The molecule has 0 heterocycles. The van der Waals surface area contributed by atoms with Gasteiger partial charge in [-0.3, -0.25) is 20.2 Å². The number of hydrogen-bond acceptors (Lipinski definition) is 4. The van der Waals surface area contributed by atoms with Crippen LogP contribution in [0.1, 0.15) is 57.8 Å². The van der Waals surface area contributed by atoms with Crippen molar-refractivity contribution < 1.29 is 25.0 Å². The molecule has 1 atom stereocenters. The van der Waals surface area contributed by atoms with Crippen LogP contribution in [0.3, 0.4) is 0 Å². The van der Waals surface area contributed by atoms with Gasteiger partial charge in [0, 0.05) is 6.42 Å². The van der Waals surface area contributed by atoms with Gasteiger partial charge in [-0.2, -0.15) is 0 Å². The van der Waals surface area contributed by atoms with Gasteiger partial charge in [0.25, 0.3) is 0 Å². The molecule has 0 aromatic heterocycles. The zero-order valence-electron chi connectivity index (χ0n) is 13.3. The van der Waals surface area contributed by atoms with E-state index in [2.05, 4.69) is 5.32 Å². The maximum atomic E-state index is 12.1. The Labute approximate surface area is 135 Å². The number of primary amides is 1. The van der Waals surface area contributed by atoms with E-state index in [-0.39, 0.29) is 6.42 Å². The molecule has 23 heavy (non-hydrogen) atoms. The summed E-state index contributed by atoms with van der Waals surface area (Å²) < 4.78 is 0. The molecule has 0 spiro atoms. The molecule has 1 saturated carbocycles. The highest BCUT2D eigenvalue weighted by Gasteiger charge is 2.28. The zero-order valence-corrected chi connectivity index (χ0v) is 13.3. The number of rotatable bonds is 7. The van der Waals surface area contributed by atoms with Gasteiger partial charge in [0.2, 0.25) is 5.91 Å². The third-order valence-electron chi connectivity index (χ3n) is 4.34. The van der Waals surface area contributed by atoms with E-state index in [0.29, 0.717) is 12.3 Å². The molecule has 1 aliphatic rings. The van der Waals surface area contributed by atoms with Crippen molar-refractivity contribution in [3.8, 4) is 0 Å². The second-order valence-electron chi connectivity index (χ2n) is 6.14. The second-order valence-corrected chi connectivity index (χ2v) is 6.14. The lowest BCUT2D eigenvalue weighted by molar-refractivity contribution is -0.142. The van der Waals surface area contributed by atoms with Crippen LogP contribution < -0.4 is 21.9 Å². The van der Waals surface area contributed by atoms with Crippen LogP contribution in [0.2, 0.25) is 0 Å². The molecule has 1 rings (SSSR count). The largest absolute Gasteiger partial charge is 0.359 e. The fourth-order valence-electron chi connectivity index (χ4n) is 3.02. The summed E-state index contributed by atoms with van der Waals surface area (Å²) in [4.78, 5) is 34.3. The molecule has 0 bridgehead atoms. The minimum absolute atomic E-state index is 0.168. The highest BCUT2D eigenvalue weighted by Crippen LogP contribution is 2.28. The van der Waals surface area contributed by atoms with E-state index in [1.807, 2.05) is 0 Å². The van der Waals surface area contributed by atoms with Crippen LogP contribution in [0.4, 0.5) is 0 Å². The minimum atomic E-state index is -0.925. The number of hydroxylamine groups is 1. The predicted molar refractivity (Wildman–Crippen MR) is 82.7 cm³/mol. The molecular weight excluding hydrogens is 300 g/mol. The summed E-state index contributed by atoms with van der Waals surface area (Å²) in [6, 6.07) is 0. The van der Waals surface area contributed by atoms with Gasteiger partial charge < -0.3 is 5.73 Å². The van der Waals surface area contributed by atoms with Crippen LogP contribution in [0, 0.1) is 11.8 Å². The summed E-state index contributed by atoms with van der Waals surface area (Å²) in [5, 5.41) is 16.2. The number of hydrogen-bond donors (Lipinski definition) is 5. The fraction of sp³-hybridized carbons (Fsp3) is 0.733. The first-order valence-electron chi connectivity index (χ1n) is 8.10. The molecule has 0 aromatic rings. The maximum Gasteiger partial charge on any atom is 0.339 e. The average molecular weight is 327 g/mol. The Balaban J connectivity index is 2.49. The SMILES string of the molecule is NC(=O)C(=[NH2+])NC(=O)[C@H](CCCC1CCCCC1)CC(=O)NO. The molecule has 8 heteroatoms. The molecule has 7 N–H and O–H groups in total. The Hall–Kier alpha value is -1.96. The molecular formula is C15H27N4O4+. The molecule has 0 saturated heterocycles. The Morgan fingerprint density at radius 3 is 2.43 bits per heavy atom. The molecule has 1 aliphatic carbocycles. The van der Waals surface area contributed by atoms with Crippen LogP contribution >= 0.6 is 0 Å². The van der Waals surface area contributed by atoms with Crippen molar-refractivity contribution in [2.24, 2.45) is 17.6 Å². The van der Waals surface area contributed by atoms with Gasteiger partial charge in [-0.25, -0.2) is 15.6 Å². The fourth-order valence-corrected chi connectivity index (χ4v) is 3.02. The summed E-state index contributed by atoms with van der Waals surface area (Å²) in [6.45, 7) is 0. The Morgan fingerprint density at radius 1 is 1.22 bits per heavy atom. The number of amides is 3. The number of amidine groups is 1. The van der Waals surface area contributed by atoms with Gasteiger partial charge >= 0.3 is 17.6 Å². The lowest BCUT2D eigenvalue weighted by Gasteiger charge is -2.22. The van der Waals surface area contributed by atoms with E-state index >= 15 is 0 Å². The quantitative estimate of drug-likeness (QED) is 0.177. The van der Waals surface area contributed by atoms with E-state index in [0.717, 1.165) is 12.8 Å². The first-order chi connectivity index (χ1) is 10.9. The number of nitrogens with two attached hydrogens (primary N) is 2. The minimum Gasteiger partial charge on any atom is -0.359 e. The maximum absolute atomic E-state index is 12.1. The molecule has 0 aliphatic heterocycles. The van der Waals surface area contributed by atoms with Crippen molar-refractivity contribution in [1.82, 2.24) is 10.8 Å². The number of carbonyl (C=O) groups is 3. The normalized spacial score (nSPS) is 16.4. The summed E-state index contributed by atoms with van der Waals surface area (Å²) in [5.74, 6) is -2.54. The van der Waals surface area contributed by atoms with Gasteiger partial charge in [0.15, 0.2) is 0 Å². The highest BCUT2D eigenvalue weighted by molar-refractivity contribution is 6.37. The van der Waals surface area contributed by atoms with Crippen molar-refractivity contribution in [1.29, 1.82) is 0 Å². The first-order valence-corrected chi connectivity index (χ1v) is 8.10. The third-order valence-corrected chi connectivity index (χ3v) is 4.34. The van der Waals surface area contributed by atoms with Gasteiger partial charge in [0.05, 0.1) is 5.92 Å². The summed E-state index contributed by atoms with van der Waals surface area (Å²) in [7, 11) is 0. The molecule has 0 radical (unpaired) electrons. The standard InChI is InChI=1S/C15H26N4O4/c16-13(14(17)21)18-15(22)11(9-12(20)19-23)8-4-7-10-5-2-1-3-6-10/h10-11,23H,1-9H2,(H2,17,21)(H,19,20)(H2,16,18,22)/p+1/t11-/m1/s1. The number of carbonyl (C=O) groups excluding carboxylic acids is 3. The molecule has 8 nitrogen and oxygen atoms in total. The Bertz CT molecular complexity index is 447. The van der Waals surface area contributed by atoms with E-state index < -0.39 is 29.5 Å². The first kappa shape index (κ1) is 19.1. The summed E-state index contributed by atoms with van der Waals surface area (Å²) in [5.41, 5.74) is 6.49. The van der Waals surface area contributed by atoms with Crippen LogP contribution in [0.15, 0.2) is 0 Å². The smallest absolute Gasteiger partial charge is 0.339 e. The lowest BCUT2D eigenvalue weighted by Crippen LogP contribution is -2.58. The molecule has 130 valence electrons. The topological polar surface area (TPSA) is 147 Å². The van der Waals surface area contributed by atoms with Crippen LogP contribution in [0.5, 0.6) is 0 Å². The highest BCUT2D eigenvalue weighted by atomic mass is 16.5. The van der Waals surface area contributed by atoms with Crippen molar-refractivity contribution in [3.63, 3.8) is 0 Å². The number of nitrogens with one attached hydrogen (secondary N) is 2. The van der Waals surface area contributed by atoms with E-state index in [9.17, 15) is 14.4 Å². The van der Waals surface area contributed by atoms with E-state index in [1.54, 1.807) is 0 Å². The Morgan fingerprint density at radius 2 is 1.87 bits per heavy atom. The zero-order chi connectivity index (χ0) is 17.2. The molecule has 1 fully saturated rings. The molecule has 0 unspecified atom stereocenters. The Kier molecular flexibility index (Phi) is 8.25. The second kappa shape index (κ2) is 9.94. The van der Waals surface area contributed by atoms with E-state index in [1.165, 1.54) is 37.6 Å². The summed E-state index contributed by atoms with van der Waals surface area (Å²) in [6.07, 6.45) is 8.38. The monoisotopic (exact) mass is 327 g/mol. The van der Waals surface area contributed by atoms with Crippen LogP contribution in [-0.4, -0.2) is 28.8 Å². The van der Waals surface area contributed by atoms with Gasteiger partial charge in [-0.1, -0.05) is 44.9 Å². The van der Waals surface area contributed by atoms with Crippen molar-refractivity contribution in [2.45, 2.75) is 57.8 Å². The van der Waals surface area contributed by atoms with Gasteiger partial charge in [-0.05, 0) is 12.3 Å². The predicted octanol–water partition coefficient (Wildman–Crippen LogP) is -0.992. The van der Waals surface area contributed by atoms with Crippen molar-refractivity contribution in [3.05, 3.63) is 0 Å². The summed E-state index contributed by atoms with van der Waals surface area (Å²) >= 11 is 0. The van der Waals surface area contributed by atoms with Crippen LogP contribution in [-0.2, 0) is 14.4 Å². The van der Waals surface area contributed by atoms with Gasteiger partial charge in [0.1, 0.15) is 0 Å². The van der Waals surface area contributed by atoms with Crippen molar-refractivity contribution in [2.75, 3.05) is 0 Å². The van der Waals surface area contributed by atoms with E-state index in [4.69, 9.17) is 16.4 Å². The third kappa shape index (κ3) is 7.23. The lowest BCUT2D eigenvalue weighted by atomic mass is 9.84. The molecule has 3 amide bonds. The van der Waals surface area contributed by atoms with Gasteiger partial charge in [-0.15, -0.1) is 0 Å².